The maximum absolute atomic E-state index is 13.3. The molecule has 0 radical (unpaired) electrons. The minimum atomic E-state index is -0.359. The van der Waals surface area contributed by atoms with E-state index in [2.05, 4.69) is 24.3 Å². The molecule has 1 fully saturated rings. The third-order valence-electron chi connectivity index (χ3n) is 5.15. The largest absolute Gasteiger partial charge is 0.361 e. The minimum Gasteiger partial charge on any atom is -0.361 e. The van der Waals surface area contributed by atoms with Gasteiger partial charge in [-0.25, -0.2) is 0 Å². The third kappa shape index (κ3) is 3.86. The maximum Gasteiger partial charge on any atom is 0.261 e. The fourth-order valence-corrected chi connectivity index (χ4v) is 3.93. The highest BCUT2D eigenvalue weighted by Gasteiger charge is 2.31. The van der Waals surface area contributed by atoms with E-state index in [4.69, 9.17) is 16.1 Å². The van der Waals surface area contributed by atoms with Gasteiger partial charge in [0.05, 0.1) is 16.9 Å². The van der Waals surface area contributed by atoms with E-state index in [9.17, 15) is 9.59 Å². The Kier molecular flexibility index (Phi) is 5.56. The van der Waals surface area contributed by atoms with Crippen molar-refractivity contribution in [2.45, 2.75) is 59.0 Å². The molecule has 1 aromatic heterocycles. The Hall–Kier alpha value is -2.34. The van der Waals surface area contributed by atoms with Crippen LogP contribution in [-0.2, 0) is 0 Å². The first-order valence-corrected chi connectivity index (χ1v) is 9.53. The monoisotopic (exact) mass is 389 g/mol. The van der Waals surface area contributed by atoms with E-state index >= 15 is 0 Å². The van der Waals surface area contributed by atoms with E-state index in [1.165, 1.54) is 0 Å². The zero-order valence-electron chi connectivity index (χ0n) is 16.0. The summed E-state index contributed by atoms with van der Waals surface area (Å²) in [6.45, 7) is 7.50. The van der Waals surface area contributed by atoms with Crippen LogP contribution in [0.3, 0.4) is 0 Å². The summed E-state index contributed by atoms with van der Waals surface area (Å²) < 4.78 is 5.07. The van der Waals surface area contributed by atoms with Gasteiger partial charge >= 0.3 is 0 Å². The number of nitrogens with one attached hydrogen (secondary N) is 1. The van der Waals surface area contributed by atoms with Gasteiger partial charge in [0, 0.05) is 17.1 Å². The van der Waals surface area contributed by atoms with Gasteiger partial charge in [0.15, 0.2) is 0 Å². The summed E-state index contributed by atoms with van der Waals surface area (Å²) >= 11 is 6.15. The number of carbonyl (C=O) groups excluding carboxylic acids is 2. The first-order valence-electron chi connectivity index (χ1n) is 9.16. The van der Waals surface area contributed by atoms with Crippen LogP contribution in [-0.4, -0.2) is 34.0 Å². The van der Waals surface area contributed by atoms with Crippen LogP contribution in [0, 0.1) is 13.8 Å². The summed E-state index contributed by atoms with van der Waals surface area (Å²) in [5, 5.41) is 7.09. The first-order chi connectivity index (χ1) is 12.8. The van der Waals surface area contributed by atoms with Gasteiger partial charge in [0.2, 0.25) is 0 Å². The van der Waals surface area contributed by atoms with E-state index in [1.807, 2.05) is 4.90 Å². The molecule has 1 aliphatic rings. The smallest absolute Gasteiger partial charge is 0.261 e. The summed E-state index contributed by atoms with van der Waals surface area (Å²) in [6, 6.07) is 5.22. The molecule has 1 aromatic carbocycles. The fraction of sp³-hybridized carbons (Fsp3) is 0.450. The van der Waals surface area contributed by atoms with Crippen LogP contribution >= 0.6 is 11.6 Å². The molecule has 0 bridgehead atoms. The van der Waals surface area contributed by atoms with Crippen molar-refractivity contribution in [3.63, 3.8) is 0 Å². The number of amides is 2. The molecule has 1 aliphatic heterocycles. The van der Waals surface area contributed by atoms with Gasteiger partial charge in [-0.05, 0) is 65.2 Å². The summed E-state index contributed by atoms with van der Waals surface area (Å²) in [5.41, 5.74) is 1.70. The Balaban J connectivity index is 1.94. The highest BCUT2D eigenvalue weighted by molar-refractivity contribution is 6.31. The van der Waals surface area contributed by atoms with Crippen molar-refractivity contribution in [3.05, 3.63) is 45.8 Å². The number of hydrogen-bond donors (Lipinski definition) is 1. The van der Waals surface area contributed by atoms with Crippen LogP contribution in [0.5, 0.6) is 0 Å². The number of benzene rings is 1. The van der Waals surface area contributed by atoms with Crippen molar-refractivity contribution in [1.82, 2.24) is 10.1 Å². The molecule has 144 valence electrons. The maximum atomic E-state index is 13.3. The molecule has 0 spiro atoms. The van der Waals surface area contributed by atoms with Gasteiger partial charge in [-0.3, -0.25) is 9.59 Å². The molecule has 2 atom stereocenters. The second-order valence-electron chi connectivity index (χ2n) is 7.18. The average Bonchev–Trinajstić information content (AvgIpc) is 2.94. The lowest BCUT2D eigenvalue weighted by molar-refractivity contribution is 0.0512. The molecule has 2 aromatic rings. The Labute approximate surface area is 163 Å². The van der Waals surface area contributed by atoms with Gasteiger partial charge in [0.25, 0.3) is 11.8 Å². The fourth-order valence-electron chi connectivity index (χ4n) is 3.76. The van der Waals surface area contributed by atoms with E-state index in [1.54, 1.807) is 32.0 Å². The topological polar surface area (TPSA) is 75.4 Å². The number of halogens is 1. The normalized spacial score (nSPS) is 19.8. The van der Waals surface area contributed by atoms with Crippen LogP contribution in [0.4, 0.5) is 5.69 Å². The van der Waals surface area contributed by atoms with Crippen molar-refractivity contribution in [1.29, 1.82) is 0 Å². The van der Waals surface area contributed by atoms with Gasteiger partial charge in [0.1, 0.15) is 11.3 Å². The molecule has 2 heterocycles. The van der Waals surface area contributed by atoms with E-state index in [-0.39, 0.29) is 23.9 Å². The molecular weight excluding hydrogens is 366 g/mol. The minimum absolute atomic E-state index is 0.119. The quantitative estimate of drug-likeness (QED) is 0.832. The average molecular weight is 390 g/mol. The molecule has 3 rings (SSSR count). The third-order valence-corrected chi connectivity index (χ3v) is 5.38. The molecule has 27 heavy (non-hydrogen) atoms. The molecule has 1 saturated heterocycles. The number of likely N-dealkylation sites (tertiary alicyclic amines) is 1. The van der Waals surface area contributed by atoms with Gasteiger partial charge in [-0.15, -0.1) is 0 Å². The van der Waals surface area contributed by atoms with E-state index < -0.39 is 0 Å². The summed E-state index contributed by atoms with van der Waals surface area (Å²) in [6.07, 6.45) is 3.05. The predicted octanol–water partition coefficient (Wildman–Crippen LogP) is 4.60. The van der Waals surface area contributed by atoms with E-state index in [0.29, 0.717) is 33.3 Å². The lowest BCUT2D eigenvalue weighted by atomic mass is 9.96. The number of aromatic nitrogens is 1. The number of aryl methyl sites for hydroxylation is 2. The van der Waals surface area contributed by atoms with Gasteiger partial charge < -0.3 is 14.7 Å². The Morgan fingerprint density at radius 3 is 2.48 bits per heavy atom. The first kappa shape index (κ1) is 19.4. The summed E-state index contributed by atoms with van der Waals surface area (Å²) in [5.74, 6) is -0.0428. The van der Waals surface area contributed by atoms with Crippen LogP contribution in [0.1, 0.15) is 65.3 Å². The zero-order valence-corrected chi connectivity index (χ0v) is 16.8. The molecule has 7 heteroatoms. The number of nitrogens with zero attached hydrogens (tertiary/aromatic N) is 2. The van der Waals surface area contributed by atoms with Crippen molar-refractivity contribution >= 4 is 29.1 Å². The van der Waals surface area contributed by atoms with Crippen LogP contribution in [0.2, 0.25) is 5.02 Å². The van der Waals surface area contributed by atoms with Crippen molar-refractivity contribution in [3.8, 4) is 0 Å². The van der Waals surface area contributed by atoms with Gasteiger partial charge in [-0.2, -0.15) is 0 Å². The summed E-state index contributed by atoms with van der Waals surface area (Å²) in [7, 11) is 0. The Morgan fingerprint density at radius 1 is 1.22 bits per heavy atom. The summed E-state index contributed by atoms with van der Waals surface area (Å²) in [4.78, 5) is 27.9. The zero-order chi connectivity index (χ0) is 19.7. The highest BCUT2D eigenvalue weighted by Crippen LogP contribution is 2.29. The number of carbonyl (C=O) groups is 2. The van der Waals surface area contributed by atoms with Crippen LogP contribution < -0.4 is 5.32 Å². The highest BCUT2D eigenvalue weighted by atomic mass is 35.5. The van der Waals surface area contributed by atoms with E-state index in [0.717, 1.165) is 19.3 Å². The lowest BCUT2D eigenvalue weighted by Gasteiger charge is -2.39. The Morgan fingerprint density at radius 2 is 1.89 bits per heavy atom. The number of rotatable bonds is 3. The van der Waals surface area contributed by atoms with Crippen molar-refractivity contribution in [2.24, 2.45) is 0 Å². The second-order valence-corrected chi connectivity index (χ2v) is 7.62. The standard InChI is InChI=1S/C20H24ClN3O3/c1-11-6-5-7-12(2)24(11)20(26)16-10-15(21)8-9-17(16)22-19(25)18-13(3)23-27-14(18)4/h8-12H,5-7H2,1-4H3,(H,22,25)/t11-,12-/m1/s1. The lowest BCUT2D eigenvalue weighted by Crippen LogP contribution is -2.47. The molecule has 1 N–H and O–H groups in total. The Bertz CT molecular complexity index is 848. The predicted molar refractivity (Wildman–Crippen MR) is 104 cm³/mol. The van der Waals surface area contributed by atoms with Crippen molar-refractivity contribution in [2.75, 3.05) is 5.32 Å². The molecular formula is C20H24ClN3O3. The number of piperidine rings is 1. The molecule has 0 saturated carbocycles. The SMILES string of the molecule is Cc1noc(C)c1C(=O)Nc1ccc(Cl)cc1C(=O)N1[C@H](C)CCC[C@H]1C. The van der Waals surface area contributed by atoms with Crippen molar-refractivity contribution < 1.29 is 14.1 Å². The molecule has 0 unspecified atom stereocenters. The van der Waals surface area contributed by atoms with Crippen LogP contribution in [0.25, 0.3) is 0 Å². The molecule has 0 aliphatic carbocycles. The van der Waals surface area contributed by atoms with Gasteiger partial charge in [-0.1, -0.05) is 16.8 Å². The second kappa shape index (κ2) is 7.72. The molecule has 2 amide bonds. The molecule has 6 nitrogen and oxygen atoms in total. The number of hydrogen-bond acceptors (Lipinski definition) is 4. The number of anilines is 1. The van der Waals surface area contributed by atoms with Crippen LogP contribution in [0.15, 0.2) is 22.7 Å².